The molecular formula is C12H18N2. The summed E-state index contributed by atoms with van der Waals surface area (Å²) < 4.78 is 0. The second-order valence-corrected chi connectivity index (χ2v) is 5.04. The molecular weight excluding hydrogens is 172 g/mol. The lowest BCUT2D eigenvalue weighted by atomic mass is 9.92. The standard InChI is InChI=1S/C12H18N2/c1-12(2,3)11-13-9-7-5-6-8-10(9)14(11)4/h5-8,11,13H,1-4H3. The molecule has 1 N–H and O–H groups in total. The molecule has 1 unspecified atom stereocenters. The highest BCUT2D eigenvalue weighted by molar-refractivity contribution is 5.75. The van der Waals surface area contributed by atoms with Gasteiger partial charge < -0.3 is 10.2 Å². The Hall–Kier alpha value is -1.18. The van der Waals surface area contributed by atoms with Gasteiger partial charge in [0, 0.05) is 12.5 Å². The Morgan fingerprint density at radius 2 is 1.86 bits per heavy atom. The van der Waals surface area contributed by atoms with E-state index < -0.39 is 0 Å². The Balaban J connectivity index is 2.35. The van der Waals surface area contributed by atoms with Crippen molar-refractivity contribution in [3.05, 3.63) is 24.3 Å². The molecule has 0 amide bonds. The first-order valence-electron chi connectivity index (χ1n) is 5.08. The highest BCUT2D eigenvalue weighted by Crippen LogP contribution is 2.38. The van der Waals surface area contributed by atoms with Gasteiger partial charge in [0.25, 0.3) is 0 Å². The van der Waals surface area contributed by atoms with E-state index in [1.165, 1.54) is 11.4 Å². The van der Waals surface area contributed by atoms with Crippen molar-refractivity contribution < 1.29 is 0 Å². The summed E-state index contributed by atoms with van der Waals surface area (Å²) in [6, 6.07) is 8.46. The second kappa shape index (κ2) is 2.91. The van der Waals surface area contributed by atoms with Crippen LogP contribution in [0.3, 0.4) is 0 Å². The number of rotatable bonds is 0. The van der Waals surface area contributed by atoms with Crippen LogP contribution >= 0.6 is 0 Å². The number of hydrogen-bond acceptors (Lipinski definition) is 2. The Morgan fingerprint density at radius 1 is 1.21 bits per heavy atom. The van der Waals surface area contributed by atoms with Crippen LogP contribution in [0.4, 0.5) is 11.4 Å². The Labute approximate surface area is 85.9 Å². The molecule has 1 heterocycles. The molecule has 0 aliphatic carbocycles. The first kappa shape index (κ1) is 9.38. The summed E-state index contributed by atoms with van der Waals surface area (Å²) >= 11 is 0. The SMILES string of the molecule is CN1c2ccccc2NC1C(C)(C)C. The van der Waals surface area contributed by atoms with Crippen LogP contribution in [-0.2, 0) is 0 Å². The molecule has 0 saturated carbocycles. The number of para-hydroxylation sites is 2. The van der Waals surface area contributed by atoms with Crippen molar-refractivity contribution in [2.75, 3.05) is 17.3 Å². The molecule has 2 nitrogen and oxygen atoms in total. The van der Waals surface area contributed by atoms with Crippen molar-refractivity contribution in [1.29, 1.82) is 0 Å². The minimum atomic E-state index is 0.244. The Morgan fingerprint density at radius 3 is 2.43 bits per heavy atom. The second-order valence-electron chi connectivity index (χ2n) is 5.04. The van der Waals surface area contributed by atoms with Gasteiger partial charge in [-0.3, -0.25) is 0 Å². The van der Waals surface area contributed by atoms with E-state index in [2.05, 4.69) is 62.3 Å². The average Bonchev–Trinajstić information content (AvgIpc) is 2.44. The van der Waals surface area contributed by atoms with E-state index in [1.54, 1.807) is 0 Å². The molecule has 1 aliphatic rings. The Kier molecular flexibility index (Phi) is 1.95. The number of fused-ring (bicyclic) bond motifs is 1. The molecule has 2 heteroatoms. The van der Waals surface area contributed by atoms with E-state index in [0.717, 1.165) is 0 Å². The van der Waals surface area contributed by atoms with E-state index in [4.69, 9.17) is 0 Å². The van der Waals surface area contributed by atoms with Crippen LogP contribution in [0, 0.1) is 5.41 Å². The molecule has 1 aromatic rings. The van der Waals surface area contributed by atoms with Crippen LogP contribution in [0.25, 0.3) is 0 Å². The maximum Gasteiger partial charge on any atom is 0.104 e. The molecule has 1 aliphatic heterocycles. The highest BCUT2D eigenvalue weighted by Gasteiger charge is 2.34. The normalized spacial score (nSPS) is 20.6. The molecule has 0 radical (unpaired) electrons. The summed E-state index contributed by atoms with van der Waals surface area (Å²) in [5.74, 6) is 0. The van der Waals surface area contributed by atoms with E-state index in [1.807, 2.05) is 0 Å². The lowest BCUT2D eigenvalue weighted by Gasteiger charge is -2.33. The number of nitrogens with one attached hydrogen (secondary N) is 1. The summed E-state index contributed by atoms with van der Waals surface area (Å²) in [7, 11) is 2.15. The first-order valence-corrected chi connectivity index (χ1v) is 5.08. The molecule has 0 spiro atoms. The smallest absolute Gasteiger partial charge is 0.104 e. The van der Waals surface area contributed by atoms with Gasteiger partial charge in [0.1, 0.15) is 6.17 Å². The fourth-order valence-electron chi connectivity index (χ4n) is 2.08. The Bertz CT molecular complexity index is 338. The molecule has 2 rings (SSSR count). The molecule has 0 bridgehead atoms. The maximum atomic E-state index is 3.55. The summed E-state index contributed by atoms with van der Waals surface area (Å²) in [5.41, 5.74) is 2.79. The molecule has 1 atom stereocenters. The van der Waals surface area contributed by atoms with Crippen molar-refractivity contribution >= 4 is 11.4 Å². The third kappa shape index (κ3) is 1.35. The molecule has 0 aromatic heterocycles. The number of hydrogen-bond donors (Lipinski definition) is 1. The van der Waals surface area contributed by atoms with Gasteiger partial charge in [-0.2, -0.15) is 0 Å². The monoisotopic (exact) mass is 190 g/mol. The van der Waals surface area contributed by atoms with Crippen molar-refractivity contribution in [3.63, 3.8) is 0 Å². The van der Waals surface area contributed by atoms with Crippen LogP contribution < -0.4 is 10.2 Å². The summed E-state index contributed by atoms with van der Waals surface area (Å²) in [6.45, 7) is 6.77. The van der Waals surface area contributed by atoms with Crippen LogP contribution in [0.15, 0.2) is 24.3 Å². The van der Waals surface area contributed by atoms with Crippen molar-refractivity contribution in [2.45, 2.75) is 26.9 Å². The zero-order valence-corrected chi connectivity index (χ0v) is 9.33. The van der Waals surface area contributed by atoms with Gasteiger partial charge in [-0.1, -0.05) is 32.9 Å². The lowest BCUT2D eigenvalue weighted by molar-refractivity contribution is 0.345. The number of anilines is 2. The van der Waals surface area contributed by atoms with Crippen LogP contribution in [0.1, 0.15) is 20.8 Å². The van der Waals surface area contributed by atoms with E-state index in [9.17, 15) is 0 Å². The molecule has 76 valence electrons. The fourth-order valence-corrected chi connectivity index (χ4v) is 2.08. The molecule has 0 fully saturated rings. The number of nitrogens with zero attached hydrogens (tertiary/aromatic N) is 1. The van der Waals surface area contributed by atoms with Crippen LogP contribution in [0.2, 0.25) is 0 Å². The quantitative estimate of drug-likeness (QED) is 0.676. The molecule has 14 heavy (non-hydrogen) atoms. The third-order valence-corrected chi connectivity index (χ3v) is 2.78. The first-order chi connectivity index (χ1) is 6.50. The average molecular weight is 190 g/mol. The van der Waals surface area contributed by atoms with Crippen LogP contribution in [0.5, 0.6) is 0 Å². The van der Waals surface area contributed by atoms with Gasteiger partial charge in [-0.05, 0) is 12.1 Å². The van der Waals surface area contributed by atoms with Gasteiger partial charge in [-0.15, -0.1) is 0 Å². The summed E-state index contributed by atoms with van der Waals surface area (Å²) in [6.07, 6.45) is 0.389. The lowest BCUT2D eigenvalue weighted by Crippen LogP contribution is -2.43. The minimum absolute atomic E-state index is 0.244. The predicted molar refractivity (Wildman–Crippen MR) is 61.7 cm³/mol. The zero-order valence-electron chi connectivity index (χ0n) is 9.33. The van der Waals surface area contributed by atoms with Gasteiger partial charge in [0.05, 0.1) is 11.4 Å². The maximum absolute atomic E-state index is 3.55. The van der Waals surface area contributed by atoms with E-state index in [-0.39, 0.29) is 5.41 Å². The van der Waals surface area contributed by atoms with Crippen molar-refractivity contribution in [3.8, 4) is 0 Å². The van der Waals surface area contributed by atoms with Crippen molar-refractivity contribution in [1.82, 2.24) is 0 Å². The summed E-state index contributed by atoms with van der Waals surface area (Å²) in [5, 5.41) is 3.55. The fraction of sp³-hybridized carbons (Fsp3) is 0.500. The third-order valence-electron chi connectivity index (χ3n) is 2.78. The molecule has 1 aromatic carbocycles. The number of benzene rings is 1. The highest BCUT2D eigenvalue weighted by atomic mass is 15.3. The topological polar surface area (TPSA) is 15.3 Å². The molecule has 0 saturated heterocycles. The van der Waals surface area contributed by atoms with Gasteiger partial charge in [0.2, 0.25) is 0 Å². The van der Waals surface area contributed by atoms with E-state index in [0.29, 0.717) is 6.17 Å². The van der Waals surface area contributed by atoms with Gasteiger partial charge in [-0.25, -0.2) is 0 Å². The minimum Gasteiger partial charge on any atom is -0.363 e. The predicted octanol–water partition coefficient (Wildman–Crippen LogP) is 2.92. The van der Waals surface area contributed by atoms with E-state index >= 15 is 0 Å². The van der Waals surface area contributed by atoms with Gasteiger partial charge >= 0.3 is 0 Å². The van der Waals surface area contributed by atoms with Crippen LogP contribution in [-0.4, -0.2) is 13.2 Å². The zero-order chi connectivity index (χ0) is 10.3. The van der Waals surface area contributed by atoms with Gasteiger partial charge in [0.15, 0.2) is 0 Å². The summed E-state index contributed by atoms with van der Waals surface area (Å²) in [4.78, 5) is 2.31. The van der Waals surface area contributed by atoms with Crippen molar-refractivity contribution in [2.24, 2.45) is 5.41 Å². The largest absolute Gasteiger partial charge is 0.363 e.